The smallest absolute Gasteiger partial charge is 0.327 e. The molecule has 2 N–H and O–H groups in total. The predicted molar refractivity (Wildman–Crippen MR) is 54.9 cm³/mol. The number of nitrogens with two attached hydrogens (primary N) is 1. The van der Waals surface area contributed by atoms with Gasteiger partial charge in [-0.1, -0.05) is 23.8 Å². The average Bonchev–Trinajstić information content (AvgIpc) is 2.19. The minimum absolute atomic E-state index is 0.404. The van der Waals surface area contributed by atoms with E-state index >= 15 is 0 Å². The van der Waals surface area contributed by atoms with Gasteiger partial charge in [0, 0.05) is 0 Å². The molecule has 76 valence electrons. The predicted octanol–water partition coefficient (Wildman–Crippen LogP) is 1.48. The van der Waals surface area contributed by atoms with Gasteiger partial charge in [0.1, 0.15) is 6.04 Å². The van der Waals surface area contributed by atoms with E-state index in [0.717, 1.165) is 16.7 Å². The molecule has 3 nitrogen and oxygen atoms in total. The van der Waals surface area contributed by atoms with Crippen molar-refractivity contribution in [2.24, 2.45) is 5.73 Å². The fourth-order valence-corrected chi connectivity index (χ4v) is 1.35. The molecule has 0 fully saturated rings. The summed E-state index contributed by atoms with van der Waals surface area (Å²) in [6.45, 7) is 3.89. The minimum atomic E-state index is -0.681. The minimum Gasteiger partial charge on any atom is -0.468 e. The summed E-state index contributed by atoms with van der Waals surface area (Å²) in [7, 11) is 1.34. The Morgan fingerprint density at radius 3 is 2.64 bits per heavy atom. The Morgan fingerprint density at radius 2 is 2.07 bits per heavy atom. The number of esters is 1. The van der Waals surface area contributed by atoms with Crippen LogP contribution in [0.1, 0.15) is 22.7 Å². The molecule has 0 aromatic heterocycles. The maximum atomic E-state index is 11.2. The SMILES string of the molecule is COC(=O)C(N)c1cc(C)ccc1C. The largest absolute Gasteiger partial charge is 0.468 e. The molecule has 1 rings (SSSR count). The van der Waals surface area contributed by atoms with Crippen LogP contribution in [0.4, 0.5) is 0 Å². The highest BCUT2D eigenvalue weighted by molar-refractivity contribution is 5.77. The molecule has 0 radical (unpaired) electrons. The third-order valence-electron chi connectivity index (χ3n) is 2.22. The second kappa shape index (κ2) is 4.24. The summed E-state index contributed by atoms with van der Waals surface area (Å²) in [5, 5.41) is 0. The number of benzene rings is 1. The Labute approximate surface area is 83.9 Å². The van der Waals surface area contributed by atoms with E-state index in [1.807, 2.05) is 32.0 Å². The van der Waals surface area contributed by atoms with E-state index in [0.29, 0.717) is 0 Å². The topological polar surface area (TPSA) is 52.3 Å². The van der Waals surface area contributed by atoms with Crippen LogP contribution >= 0.6 is 0 Å². The standard InChI is InChI=1S/C11H15NO2/c1-7-4-5-8(2)9(6-7)10(12)11(13)14-3/h4-6,10H,12H2,1-3H3. The second-order valence-corrected chi connectivity index (χ2v) is 3.36. The number of carbonyl (C=O) groups is 1. The normalized spacial score (nSPS) is 12.3. The molecule has 3 heteroatoms. The first-order valence-electron chi connectivity index (χ1n) is 4.47. The first-order valence-corrected chi connectivity index (χ1v) is 4.47. The number of ether oxygens (including phenoxy) is 1. The summed E-state index contributed by atoms with van der Waals surface area (Å²) in [6, 6.07) is 5.17. The summed E-state index contributed by atoms with van der Waals surface area (Å²) in [5.41, 5.74) is 8.67. The zero-order chi connectivity index (χ0) is 10.7. The molecule has 0 amide bonds. The molecule has 1 atom stereocenters. The van der Waals surface area contributed by atoms with Crippen LogP contribution < -0.4 is 5.73 Å². The number of rotatable bonds is 2. The quantitative estimate of drug-likeness (QED) is 0.724. The third kappa shape index (κ3) is 2.12. The van der Waals surface area contributed by atoms with E-state index in [9.17, 15) is 4.79 Å². The van der Waals surface area contributed by atoms with Gasteiger partial charge in [-0.2, -0.15) is 0 Å². The van der Waals surface area contributed by atoms with Crippen LogP contribution in [0, 0.1) is 13.8 Å². The summed E-state index contributed by atoms with van der Waals surface area (Å²) in [6.07, 6.45) is 0. The van der Waals surface area contributed by atoms with Crippen molar-refractivity contribution in [2.75, 3.05) is 7.11 Å². The Hall–Kier alpha value is -1.35. The average molecular weight is 193 g/mol. The lowest BCUT2D eigenvalue weighted by atomic mass is 10.00. The molecule has 14 heavy (non-hydrogen) atoms. The molecule has 0 heterocycles. The monoisotopic (exact) mass is 193 g/mol. The maximum Gasteiger partial charge on any atom is 0.327 e. The summed E-state index contributed by atoms with van der Waals surface area (Å²) < 4.78 is 4.60. The van der Waals surface area contributed by atoms with Crippen molar-refractivity contribution in [3.8, 4) is 0 Å². The number of methoxy groups -OCH3 is 1. The van der Waals surface area contributed by atoms with Gasteiger partial charge in [0.05, 0.1) is 7.11 Å². The number of hydrogen-bond donors (Lipinski definition) is 1. The van der Waals surface area contributed by atoms with Gasteiger partial charge in [0.15, 0.2) is 0 Å². The van der Waals surface area contributed by atoms with Gasteiger partial charge in [0.2, 0.25) is 0 Å². The Balaban J connectivity index is 3.05. The van der Waals surface area contributed by atoms with Gasteiger partial charge in [-0.15, -0.1) is 0 Å². The zero-order valence-electron chi connectivity index (χ0n) is 8.70. The molecule has 0 aliphatic rings. The van der Waals surface area contributed by atoms with Crippen molar-refractivity contribution in [2.45, 2.75) is 19.9 Å². The van der Waals surface area contributed by atoms with Crippen molar-refractivity contribution >= 4 is 5.97 Å². The third-order valence-corrected chi connectivity index (χ3v) is 2.22. The van der Waals surface area contributed by atoms with Crippen molar-refractivity contribution < 1.29 is 9.53 Å². The maximum absolute atomic E-state index is 11.2. The molecular formula is C11H15NO2. The Kier molecular flexibility index (Phi) is 3.25. The lowest BCUT2D eigenvalue weighted by molar-refractivity contribution is -0.142. The molecular weight excluding hydrogens is 178 g/mol. The summed E-state index contributed by atoms with van der Waals surface area (Å²) in [4.78, 5) is 11.2. The molecule has 0 saturated heterocycles. The van der Waals surface area contributed by atoms with Crippen LogP contribution in [0.25, 0.3) is 0 Å². The highest BCUT2D eigenvalue weighted by Crippen LogP contribution is 2.18. The second-order valence-electron chi connectivity index (χ2n) is 3.36. The highest BCUT2D eigenvalue weighted by atomic mass is 16.5. The molecule has 0 saturated carbocycles. The lowest BCUT2D eigenvalue weighted by Gasteiger charge is -2.12. The van der Waals surface area contributed by atoms with Crippen LogP contribution in [0.5, 0.6) is 0 Å². The molecule has 0 aliphatic carbocycles. The van der Waals surface area contributed by atoms with Crippen LogP contribution in [-0.2, 0) is 9.53 Å². The fourth-order valence-electron chi connectivity index (χ4n) is 1.35. The molecule has 1 unspecified atom stereocenters. The van der Waals surface area contributed by atoms with Crippen molar-refractivity contribution in [1.82, 2.24) is 0 Å². The Bertz CT molecular complexity index is 347. The van der Waals surface area contributed by atoms with Gasteiger partial charge >= 0.3 is 5.97 Å². The molecule has 0 bridgehead atoms. The first-order chi connectivity index (χ1) is 6.56. The van der Waals surface area contributed by atoms with E-state index in [1.165, 1.54) is 7.11 Å². The van der Waals surface area contributed by atoms with Crippen LogP contribution in [0.15, 0.2) is 18.2 Å². The van der Waals surface area contributed by atoms with E-state index in [-0.39, 0.29) is 0 Å². The molecule has 1 aromatic carbocycles. The van der Waals surface area contributed by atoms with Crippen LogP contribution in [-0.4, -0.2) is 13.1 Å². The lowest BCUT2D eigenvalue weighted by Crippen LogP contribution is -2.23. The molecule has 0 aliphatic heterocycles. The molecule has 0 spiro atoms. The number of hydrogen-bond acceptors (Lipinski definition) is 3. The Morgan fingerprint density at radius 1 is 1.43 bits per heavy atom. The van der Waals surface area contributed by atoms with E-state index < -0.39 is 12.0 Å². The van der Waals surface area contributed by atoms with E-state index in [2.05, 4.69) is 4.74 Å². The van der Waals surface area contributed by atoms with Crippen molar-refractivity contribution in [3.63, 3.8) is 0 Å². The number of aryl methyl sites for hydroxylation is 2. The van der Waals surface area contributed by atoms with Gasteiger partial charge in [-0.05, 0) is 25.0 Å². The van der Waals surface area contributed by atoms with Gasteiger partial charge in [0.25, 0.3) is 0 Å². The van der Waals surface area contributed by atoms with Gasteiger partial charge < -0.3 is 10.5 Å². The van der Waals surface area contributed by atoms with Gasteiger partial charge in [-0.3, -0.25) is 4.79 Å². The van der Waals surface area contributed by atoms with E-state index in [1.54, 1.807) is 0 Å². The zero-order valence-corrected chi connectivity index (χ0v) is 8.70. The van der Waals surface area contributed by atoms with Crippen molar-refractivity contribution in [3.05, 3.63) is 34.9 Å². The first kappa shape index (κ1) is 10.7. The summed E-state index contributed by atoms with van der Waals surface area (Å²) in [5.74, 6) is -0.404. The van der Waals surface area contributed by atoms with Crippen molar-refractivity contribution in [1.29, 1.82) is 0 Å². The number of carbonyl (C=O) groups excluding carboxylic acids is 1. The summed E-state index contributed by atoms with van der Waals surface area (Å²) >= 11 is 0. The van der Waals surface area contributed by atoms with E-state index in [4.69, 9.17) is 5.73 Å². The fraction of sp³-hybridized carbons (Fsp3) is 0.364. The van der Waals surface area contributed by atoms with Crippen LogP contribution in [0.3, 0.4) is 0 Å². The molecule has 1 aromatic rings. The highest BCUT2D eigenvalue weighted by Gasteiger charge is 2.17. The van der Waals surface area contributed by atoms with Crippen LogP contribution in [0.2, 0.25) is 0 Å². The van der Waals surface area contributed by atoms with Gasteiger partial charge in [-0.25, -0.2) is 0 Å².